The van der Waals surface area contributed by atoms with E-state index >= 15 is 0 Å². The Morgan fingerprint density at radius 1 is 1.03 bits per heavy atom. The van der Waals surface area contributed by atoms with E-state index in [0.29, 0.717) is 16.3 Å². The van der Waals surface area contributed by atoms with Gasteiger partial charge in [0.2, 0.25) is 5.01 Å². The Morgan fingerprint density at radius 2 is 1.77 bits per heavy atom. The van der Waals surface area contributed by atoms with Crippen molar-refractivity contribution in [3.63, 3.8) is 0 Å². The molecule has 160 valence electrons. The van der Waals surface area contributed by atoms with Crippen molar-refractivity contribution >= 4 is 28.8 Å². The maximum Gasteiger partial charge on any atom is 0.286 e. The van der Waals surface area contributed by atoms with E-state index in [-0.39, 0.29) is 23.4 Å². The second-order valence-corrected chi connectivity index (χ2v) is 8.50. The zero-order valence-corrected chi connectivity index (χ0v) is 18.2. The number of amides is 2. The Kier molecular flexibility index (Phi) is 6.57. The first-order valence-corrected chi connectivity index (χ1v) is 11.1. The fraction of sp³-hybridized carbons (Fsp3) is 0.304. The zero-order chi connectivity index (χ0) is 21.6. The van der Waals surface area contributed by atoms with E-state index in [0.717, 1.165) is 37.2 Å². The van der Waals surface area contributed by atoms with Gasteiger partial charge in [-0.3, -0.25) is 9.59 Å². The van der Waals surface area contributed by atoms with Crippen LogP contribution in [0.15, 0.2) is 48.5 Å². The number of anilines is 1. The van der Waals surface area contributed by atoms with Crippen LogP contribution in [0.3, 0.4) is 0 Å². The van der Waals surface area contributed by atoms with Crippen molar-refractivity contribution in [1.29, 1.82) is 0 Å². The number of aryl methyl sites for hydroxylation is 1. The second-order valence-electron chi connectivity index (χ2n) is 7.44. The number of carbonyl (C=O) groups is 2. The van der Waals surface area contributed by atoms with Crippen molar-refractivity contribution in [3.8, 4) is 5.75 Å². The van der Waals surface area contributed by atoms with Gasteiger partial charge in [-0.05, 0) is 62.1 Å². The maximum absolute atomic E-state index is 12.6. The molecule has 0 atom stereocenters. The zero-order valence-electron chi connectivity index (χ0n) is 17.3. The minimum absolute atomic E-state index is 0.0417. The molecular weight excluding hydrogens is 412 g/mol. The molecule has 31 heavy (non-hydrogen) atoms. The number of nitrogens with zero attached hydrogens (tertiary/aromatic N) is 3. The van der Waals surface area contributed by atoms with Gasteiger partial charge in [0, 0.05) is 24.3 Å². The number of piperidine rings is 1. The van der Waals surface area contributed by atoms with Gasteiger partial charge in [0.25, 0.3) is 11.8 Å². The number of carbonyl (C=O) groups excluding carboxylic acids is 2. The van der Waals surface area contributed by atoms with Gasteiger partial charge in [-0.2, -0.15) is 0 Å². The third-order valence-corrected chi connectivity index (χ3v) is 6.03. The number of ether oxygens (including phenoxy) is 1. The molecule has 0 bridgehead atoms. The Labute approximate surface area is 185 Å². The molecule has 0 spiro atoms. The minimum Gasteiger partial charge on any atom is -0.486 e. The highest BCUT2D eigenvalue weighted by molar-refractivity contribution is 7.13. The smallest absolute Gasteiger partial charge is 0.286 e. The number of rotatable bonds is 6. The number of likely N-dealkylation sites (tertiary alicyclic amines) is 1. The highest BCUT2D eigenvalue weighted by Gasteiger charge is 2.18. The SMILES string of the molecule is Cc1ccccc1OCc1nnc(C(=O)Nc2ccc(C(=O)N3CCCCC3)cc2)s1. The first-order valence-electron chi connectivity index (χ1n) is 10.3. The molecule has 1 aromatic heterocycles. The van der Waals surface area contributed by atoms with Crippen LogP contribution in [0, 0.1) is 6.92 Å². The summed E-state index contributed by atoms with van der Waals surface area (Å²) in [6.45, 7) is 3.84. The van der Waals surface area contributed by atoms with Crippen molar-refractivity contribution < 1.29 is 14.3 Å². The molecule has 4 rings (SSSR count). The largest absolute Gasteiger partial charge is 0.486 e. The average Bonchev–Trinajstić information content (AvgIpc) is 3.28. The molecule has 1 saturated heterocycles. The number of aromatic nitrogens is 2. The van der Waals surface area contributed by atoms with Crippen molar-refractivity contribution in [3.05, 3.63) is 69.7 Å². The lowest BCUT2D eigenvalue weighted by molar-refractivity contribution is 0.0724. The summed E-state index contributed by atoms with van der Waals surface area (Å²) in [6.07, 6.45) is 3.29. The normalized spacial score (nSPS) is 13.6. The quantitative estimate of drug-likeness (QED) is 0.623. The lowest BCUT2D eigenvalue weighted by Gasteiger charge is -2.26. The van der Waals surface area contributed by atoms with Gasteiger partial charge in [-0.25, -0.2) is 0 Å². The van der Waals surface area contributed by atoms with E-state index < -0.39 is 0 Å². The van der Waals surface area contributed by atoms with Crippen molar-refractivity contribution in [1.82, 2.24) is 15.1 Å². The average molecular weight is 437 g/mol. The summed E-state index contributed by atoms with van der Waals surface area (Å²) in [4.78, 5) is 26.9. The summed E-state index contributed by atoms with van der Waals surface area (Å²) in [7, 11) is 0. The summed E-state index contributed by atoms with van der Waals surface area (Å²) in [5.74, 6) is 0.484. The molecule has 2 aromatic carbocycles. The standard InChI is InChI=1S/C23H24N4O3S/c1-16-7-3-4-8-19(16)30-15-20-25-26-22(31-20)21(28)24-18-11-9-17(10-12-18)23(29)27-13-5-2-6-14-27/h3-4,7-12H,2,5-6,13-15H2,1H3,(H,24,28). The predicted octanol–water partition coefficient (Wildman–Crippen LogP) is 4.30. The van der Waals surface area contributed by atoms with Crippen LogP contribution in [0.5, 0.6) is 5.75 Å². The van der Waals surface area contributed by atoms with Crippen LogP contribution < -0.4 is 10.1 Å². The maximum atomic E-state index is 12.6. The van der Waals surface area contributed by atoms with Gasteiger partial charge in [-0.1, -0.05) is 29.5 Å². The Balaban J connectivity index is 1.33. The molecule has 8 heteroatoms. The summed E-state index contributed by atoms with van der Waals surface area (Å²) >= 11 is 1.19. The molecule has 2 amide bonds. The summed E-state index contributed by atoms with van der Waals surface area (Å²) in [5, 5.41) is 11.7. The molecule has 0 radical (unpaired) electrons. The molecule has 7 nitrogen and oxygen atoms in total. The topological polar surface area (TPSA) is 84.4 Å². The summed E-state index contributed by atoms with van der Waals surface area (Å²) in [5.41, 5.74) is 2.27. The van der Waals surface area contributed by atoms with E-state index in [2.05, 4.69) is 15.5 Å². The lowest BCUT2D eigenvalue weighted by atomic mass is 10.1. The van der Waals surface area contributed by atoms with Gasteiger partial charge in [-0.15, -0.1) is 10.2 Å². The van der Waals surface area contributed by atoms with Crippen molar-refractivity contribution in [2.24, 2.45) is 0 Å². The van der Waals surface area contributed by atoms with E-state index in [1.165, 1.54) is 17.8 Å². The van der Waals surface area contributed by atoms with Gasteiger partial charge in [0.1, 0.15) is 12.4 Å². The van der Waals surface area contributed by atoms with Gasteiger partial charge in [0.15, 0.2) is 5.01 Å². The Hall–Kier alpha value is -3.26. The van der Waals surface area contributed by atoms with Crippen LogP contribution >= 0.6 is 11.3 Å². The number of para-hydroxylation sites is 1. The number of hydrogen-bond donors (Lipinski definition) is 1. The van der Waals surface area contributed by atoms with E-state index in [1.807, 2.05) is 36.1 Å². The van der Waals surface area contributed by atoms with Crippen LogP contribution in [-0.2, 0) is 6.61 Å². The molecule has 2 heterocycles. The van der Waals surface area contributed by atoms with Crippen LogP contribution in [-0.4, -0.2) is 40.0 Å². The monoisotopic (exact) mass is 436 g/mol. The van der Waals surface area contributed by atoms with Crippen LogP contribution in [0.1, 0.15) is 50.0 Å². The predicted molar refractivity (Wildman–Crippen MR) is 120 cm³/mol. The molecule has 3 aromatic rings. The number of hydrogen-bond acceptors (Lipinski definition) is 6. The first kappa shape index (κ1) is 21.0. The molecule has 1 N–H and O–H groups in total. The van der Waals surface area contributed by atoms with E-state index in [4.69, 9.17) is 4.74 Å². The molecule has 1 aliphatic heterocycles. The van der Waals surface area contributed by atoms with E-state index in [9.17, 15) is 9.59 Å². The third kappa shape index (κ3) is 5.27. The summed E-state index contributed by atoms with van der Waals surface area (Å²) < 4.78 is 5.76. The highest BCUT2D eigenvalue weighted by atomic mass is 32.1. The van der Waals surface area contributed by atoms with Gasteiger partial charge < -0.3 is 15.0 Å². The van der Waals surface area contributed by atoms with E-state index in [1.54, 1.807) is 24.3 Å². The Morgan fingerprint density at radius 3 is 2.52 bits per heavy atom. The van der Waals surface area contributed by atoms with Gasteiger partial charge in [0.05, 0.1) is 0 Å². The number of nitrogens with one attached hydrogen (secondary N) is 1. The van der Waals surface area contributed by atoms with Crippen LogP contribution in [0.25, 0.3) is 0 Å². The fourth-order valence-corrected chi connectivity index (χ4v) is 4.07. The molecule has 0 saturated carbocycles. The number of benzene rings is 2. The first-order chi connectivity index (χ1) is 15.1. The van der Waals surface area contributed by atoms with Crippen LogP contribution in [0.2, 0.25) is 0 Å². The molecule has 0 aliphatic carbocycles. The third-order valence-electron chi connectivity index (χ3n) is 5.14. The highest BCUT2D eigenvalue weighted by Crippen LogP contribution is 2.20. The molecule has 1 fully saturated rings. The van der Waals surface area contributed by atoms with Gasteiger partial charge >= 0.3 is 0 Å². The molecular formula is C23H24N4O3S. The van der Waals surface area contributed by atoms with Crippen molar-refractivity contribution in [2.45, 2.75) is 32.8 Å². The van der Waals surface area contributed by atoms with Crippen LogP contribution in [0.4, 0.5) is 5.69 Å². The fourth-order valence-electron chi connectivity index (χ4n) is 3.42. The Bertz CT molecular complexity index is 1060. The summed E-state index contributed by atoms with van der Waals surface area (Å²) in [6, 6.07) is 14.7. The van der Waals surface area contributed by atoms with Crippen molar-refractivity contribution in [2.75, 3.05) is 18.4 Å². The minimum atomic E-state index is -0.338. The lowest BCUT2D eigenvalue weighted by Crippen LogP contribution is -2.35. The molecule has 1 aliphatic rings. The molecule has 0 unspecified atom stereocenters. The second kappa shape index (κ2) is 9.70.